The molecule has 0 spiro atoms. The molecule has 0 aliphatic carbocycles. The van der Waals surface area contributed by atoms with Crippen LogP contribution in [0.1, 0.15) is 6.92 Å². The van der Waals surface area contributed by atoms with Gasteiger partial charge in [-0.05, 0) is 19.1 Å². The normalized spacial score (nSPS) is 10.3. The second-order valence-electron chi connectivity index (χ2n) is 5.56. The second-order valence-corrected chi connectivity index (χ2v) is 6.42. The number of nitrogens with one attached hydrogen (secondary N) is 1. The highest BCUT2D eigenvalue weighted by molar-refractivity contribution is 7.14. The van der Waals surface area contributed by atoms with Gasteiger partial charge in [0.25, 0.3) is 11.6 Å². The number of benzene rings is 2. The molecule has 2 aromatic carbocycles. The average Bonchev–Trinajstić information content (AvgIpc) is 3.16. The van der Waals surface area contributed by atoms with Crippen molar-refractivity contribution in [2.75, 3.05) is 18.5 Å². The number of nitro groups is 1. The van der Waals surface area contributed by atoms with E-state index in [2.05, 4.69) is 10.3 Å². The van der Waals surface area contributed by atoms with Crippen LogP contribution in [-0.2, 0) is 4.79 Å². The van der Waals surface area contributed by atoms with E-state index in [0.717, 1.165) is 0 Å². The molecule has 1 aromatic heterocycles. The number of thiazole rings is 1. The largest absolute Gasteiger partial charge is 0.490 e. The molecule has 144 valence electrons. The fraction of sp³-hybridized carbons (Fsp3) is 0.158. The van der Waals surface area contributed by atoms with Crippen LogP contribution in [0, 0.1) is 10.1 Å². The standard InChI is InChI=1S/C19H17N3O5S/c1-2-26-16-8-3-4-9-17(16)27-11-18(23)21-19-20-15(12-28-19)13-6-5-7-14(10-13)22(24)25/h3-10,12H,2,11H2,1H3,(H,20,21,23). The monoisotopic (exact) mass is 399 g/mol. The summed E-state index contributed by atoms with van der Waals surface area (Å²) in [6, 6.07) is 13.3. The molecule has 1 heterocycles. The molecular formula is C19H17N3O5S. The van der Waals surface area contributed by atoms with Gasteiger partial charge in [0.2, 0.25) is 0 Å². The van der Waals surface area contributed by atoms with E-state index in [1.54, 1.807) is 35.7 Å². The van der Waals surface area contributed by atoms with Crippen LogP contribution in [0.15, 0.2) is 53.9 Å². The van der Waals surface area contributed by atoms with E-state index in [4.69, 9.17) is 9.47 Å². The number of aromatic nitrogens is 1. The number of para-hydroxylation sites is 2. The zero-order valence-electron chi connectivity index (χ0n) is 15.0. The fourth-order valence-corrected chi connectivity index (χ4v) is 3.12. The van der Waals surface area contributed by atoms with E-state index >= 15 is 0 Å². The summed E-state index contributed by atoms with van der Waals surface area (Å²) < 4.78 is 11.0. The van der Waals surface area contributed by atoms with Gasteiger partial charge in [0.15, 0.2) is 23.2 Å². The Labute approximate surface area is 164 Å². The molecule has 0 bridgehead atoms. The van der Waals surface area contributed by atoms with Gasteiger partial charge >= 0.3 is 0 Å². The first-order chi connectivity index (χ1) is 13.6. The molecule has 0 aliphatic heterocycles. The second kappa shape index (κ2) is 8.96. The number of ether oxygens (including phenoxy) is 2. The van der Waals surface area contributed by atoms with E-state index in [-0.39, 0.29) is 18.2 Å². The highest BCUT2D eigenvalue weighted by Crippen LogP contribution is 2.28. The van der Waals surface area contributed by atoms with Gasteiger partial charge in [-0.15, -0.1) is 11.3 Å². The summed E-state index contributed by atoms with van der Waals surface area (Å²) in [4.78, 5) is 26.9. The van der Waals surface area contributed by atoms with E-state index in [0.29, 0.717) is 34.5 Å². The van der Waals surface area contributed by atoms with Gasteiger partial charge in [-0.3, -0.25) is 20.2 Å². The van der Waals surface area contributed by atoms with Gasteiger partial charge in [0.1, 0.15) is 0 Å². The molecule has 1 amide bonds. The number of carbonyl (C=O) groups is 1. The number of hydrogen-bond donors (Lipinski definition) is 1. The van der Waals surface area contributed by atoms with Gasteiger partial charge in [0.05, 0.1) is 17.2 Å². The number of nitrogens with zero attached hydrogens (tertiary/aromatic N) is 2. The van der Waals surface area contributed by atoms with E-state index in [1.807, 2.05) is 13.0 Å². The van der Waals surface area contributed by atoms with Crippen LogP contribution in [0.25, 0.3) is 11.3 Å². The first-order valence-corrected chi connectivity index (χ1v) is 9.29. The zero-order chi connectivity index (χ0) is 19.9. The lowest BCUT2D eigenvalue weighted by molar-refractivity contribution is -0.384. The Balaban J connectivity index is 1.62. The molecule has 1 N–H and O–H groups in total. The van der Waals surface area contributed by atoms with Gasteiger partial charge in [0, 0.05) is 23.1 Å². The summed E-state index contributed by atoms with van der Waals surface area (Å²) in [5.74, 6) is 0.683. The molecule has 8 nitrogen and oxygen atoms in total. The van der Waals surface area contributed by atoms with Crippen molar-refractivity contribution in [3.63, 3.8) is 0 Å². The first kappa shape index (κ1) is 19.3. The smallest absolute Gasteiger partial charge is 0.270 e. The number of amides is 1. The van der Waals surface area contributed by atoms with Gasteiger partial charge < -0.3 is 9.47 Å². The minimum Gasteiger partial charge on any atom is -0.490 e. The Morgan fingerprint density at radius 2 is 1.93 bits per heavy atom. The number of rotatable bonds is 8. The third kappa shape index (κ3) is 4.83. The van der Waals surface area contributed by atoms with Crippen molar-refractivity contribution < 1.29 is 19.2 Å². The van der Waals surface area contributed by atoms with Crippen LogP contribution in [0.2, 0.25) is 0 Å². The number of carbonyl (C=O) groups excluding carboxylic acids is 1. The third-order valence-electron chi connectivity index (χ3n) is 3.61. The van der Waals surface area contributed by atoms with Crippen LogP contribution < -0.4 is 14.8 Å². The van der Waals surface area contributed by atoms with Crippen LogP contribution in [0.4, 0.5) is 10.8 Å². The predicted octanol–water partition coefficient (Wildman–Crippen LogP) is 4.13. The molecule has 9 heteroatoms. The van der Waals surface area contributed by atoms with Crippen molar-refractivity contribution in [1.29, 1.82) is 0 Å². The lowest BCUT2D eigenvalue weighted by Gasteiger charge is -2.10. The maximum absolute atomic E-state index is 12.1. The van der Waals surface area contributed by atoms with Crippen molar-refractivity contribution in [2.24, 2.45) is 0 Å². The number of nitro benzene ring substituents is 1. The average molecular weight is 399 g/mol. The predicted molar refractivity (Wildman–Crippen MR) is 106 cm³/mol. The molecule has 0 saturated heterocycles. The van der Waals surface area contributed by atoms with Gasteiger partial charge in [-0.1, -0.05) is 24.3 Å². The SMILES string of the molecule is CCOc1ccccc1OCC(=O)Nc1nc(-c2cccc([N+](=O)[O-])c2)cs1. The zero-order valence-corrected chi connectivity index (χ0v) is 15.8. The van der Waals surface area contributed by atoms with Crippen LogP contribution >= 0.6 is 11.3 Å². The van der Waals surface area contributed by atoms with Crippen LogP contribution in [-0.4, -0.2) is 29.0 Å². The highest BCUT2D eigenvalue weighted by atomic mass is 32.1. The number of anilines is 1. The summed E-state index contributed by atoms with van der Waals surface area (Å²) in [5.41, 5.74) is 1.14. The lowest BCUT2D eigenvalue weighted by Crippen LogP contribution is -2.20. The maximum Gasteiger partial charge on any atom is 0.270 e. The Hall–Kier alpha value is -3.46. The molecule has 3 rings (SSSR count). The van der Waals surface area contributed by atoms with E-state index < -0.39 is 4.92 Å². The molecule has 0 aliphatic rings. The molecule has 28 heavy (non-hydrogen) atoms. The van der Waals surface area contributed by atoms with Gasteiger partial charge in [-0.25, -0.2) is 4.98 Å². The molecule has 0 radical (unpaired) electrons. The summed E-state index contributed by atoms with van der Waals surface area (Å²) in [5, 5.41) is 15.7. The maximum atomic E-state index is 12.1. The quantitative estimate of drug-likeness (QED) is 0.451. The third-order valence-corrected chi connectivity index (χ3v) is 4.37. The molecular weight excluding hydrogens is 382 g/mol. The summed E-state index contributed by atoms with van der Waals surface area (Å²) in [6.45, 7) is 2.16. The number of non-ortho nitro benzene ring substituents is 1. The Kier molecular flexibility index (Phi) is 6.18. The minimum atomic E-state index is -0.462. The number of hydrogen-bond acceptors (Lipinski definition) is 7. The Morgan fingerprint density at radius 1 is 1.18 bits per heavy atom. The minimum absolute atomic E-state index is 0.0163. The Morgan fingerprint density at radius 3 is 2.64 bits per heavy atom. The summed E-state index contributed by atoms with van der Waals surface area (Å²) in [7, 11) is 0. The lowest BCUT2D eigenvalue weighted by atomic mass is 10.1. The van der Waals surface area contributed by atoms with Crippen LogP contribution in [0.5, 0.6) is 11.5 Å². The van der Waals surface area contributed by atoms with Crippen molar-refractivity contribution in [3.8, 4) is 22.8 Å². The van der Waals surface area contributed by atoms with Crippen molar-refractivity contribution in [3.05, 3.63) is 64.0 Å². The highest BCUT2D eigenvalue weighted by Gasteiger charge is 2.12. The van der Waals surface area contributed by atoms with Crippen LogP contribution in [0.3, 0.4) is 0 Å². The van der Waals surface area contributed by atoms with E-state index in [1.165, 1.54) is 23.5 Å². The van der Waals surface area contributed by atoms with Crippen molar-refractivity contribution in [1.82, 2.24) is 4.98 Å². The summed E-state index contributed by atoms with van der Waals surface area (Å²) in [6.07, 6.45) is 0. The van der Waals surface area contributed by atoms with Crippen molar-refractivity contribution >= 4 is 28.1 Å². The van der Waals surface area contributed by atoms with Crippen molar-refractivity contribution in [2.45, 2.75) is 6.92 Å². The Bertz CT molecular complexity index is 989. The molecule has 0 unspecified atom stereocenters. The molecule has 3 aromatic rings. The molecule has 0 saturated carbocycles. The molecule has 0 atom stereocenters. The van der Waals surface area contributed by atoms with Gasteiger partial charge in [-0.2, -0.15) is 0 Å². The van der Waals surface area contributed by atoms with E-state index in [9.17, 15) is 14.9 Å². The topological polar surface area (TPSA) is 104 Å². The summed E-state index contributed by atoms with van der Waals surface area (Å²) >= 11 is 1.23. The molecule has 0 fully saturated rings. The first-order valence-electron chi connectivity index (χ1n) is 8.41. The fourth-order valence-electron chi connectivity index (χ4n) is 2.39.